The van der Waals surface area contributed by atoms with Gasteiger partial charge in [-0.05, 0) is 47.2 Å². The summed E-state index contributed by atoms with van der Waals surface area (Å²) in [5.74, 6) is 2.52. The topological polar surface area (TPSA) is 58.4 Å². The van der Waals surface area contributed by atoms with Crippen LogP contribution in [0.3, 0.4) is 0 Å². The lowest BCUT2D eigenvalue weighted by atomic mass is 10.1. The summed E-state index contributed by atoms with van der Waals surface area (Å²) in [5.41, 5.74) is 0.684. The average Bonchev–Trinajstić information content (AvgIpc) is 3.13. The normalized spacial score (nSPS) is 12.8. The Balaban J connectivity index is 1.92. The highest BCUT2D eigenvalue weighted by Gasteiger charge is 2.17. The molecule has 130 valence electrons. The molecule has 0 fully saturated rings. The molecule has 1 aliphatic rings. The van der Waals surface area contributed by atoms with Crippen LogP contribution in [-0.4, -0.2) is 25.4 Å². The number of pyridine rings is 2. The van der Waals surface area contributed by atoms with Gasteiger partial charge in [-0.15, -0.1) is 0 Å². The number of methoxy groups -OCH3 is 2. The Labute approximate surface area is 148 Å². The van der Waals surface area contributed by atoms with E-state index in [1.54, 1.807) is 30.9 Å². The molecule has 0 N–H and O–H groups in total. The van der Waals surface area contributed by atoms with Crippen LogP contribution in [-0.2, 0) is 0 Å². The highest BCUT2D eigenvalue weighted by molar-refractivity contribution is 6.01. The van der Waals surface area contributed by atoms with Crippen molar-refractivity contribution in [2.24, 2.45) is 0 Å². The summed E-state index contributed by atoms with van der Waals surface area (Å²) in [6.07, 6.45) is 1.78. The molecule has 0 unspecified atom stereocenters. The molecule has 0 spiro atoms. The fourth-order valence-corrected chi connectivity index (χ4v) is 3.48. The molecule has 0 saturated carbocycles. The highest BCUT2D eigenvalue weighted by atomic mass is 16.7. The van der Waals surface area contributed by atoms with Gasteiger partial charge < -0.3 is 18.9 Å². The van der Waals surface area contributed by atoms with E-state index in [1.807, 2.05) is 30.3 Å². The fourth-order valence-electron chi connectivity index (χ4n) is 3.48. The minimum atomic E-state index is -0.113. The second-order valence-electron chi connectivity index (χ2n) is 6.11. The van der Waals surface area contributed by atoms with Crippen molar-refractivity contribution in [3.05, 3.63) is 52.9 Å². The Morgan fingerprint density at radius 3 is 2.38 bits per heavy atom. The van der Waals surface area contributed by atoms with Gasteiger partial charge in [0, 0.05) is 11.6 Å². The molecule has 5 rings (SSSR count). The third-order valence-electron chi connectivity index (χ3n) is 4.78. The molecule has 0 amide bonds. The van der Waals surface area contributed by atoms with E-state index in [0.29, 0.717) is 22.6 Å². The van der Waals surface area contributed by atoms with E-state index in [0.717, 1.165) is 27.4 Å². The fraction of sp³-hybridized carbons (Fsp3) is 0.150. The Hall–Kier alpha value is -3.41. The summed E-state index contributed by atoms with van der Waals surface area (Å²) in [4.78, 5) is 13.0. The van der Waals surface area contributed by atoms with Gasteiger partial charge in [0.05, 0.1) is 25.1 Å². The average molecular weight is 349 g/mol. The summed E-state index contributed by atoms with van der Waals surface area (Å²) in [6.45, 7) is 0.212. The number of hydrogen-bond donors (Lipinski definition) is 0. The SMILES string of the molecule is COc1cc2cc3c4cc5c(cc4ccn3c(=O)c2cc1OC)OCO5. The Kier molecular flexibility index (Phi) is 3.03. The molecular weight excluding hydrogens is 334 g/mol. The Bertz CT molecular complexity index is 1260. The molecule has 0 saturated heterocycles. The van der Waals surface area contributed by atoms with Gasteiger partial charge in [-0.25, -0.2) is 0 Å². The van der Waals surface area contributed by atoms with Crippen molar-refractivity contribution in [3.8, 4) is 23.0 Å². The standard InChI is InChI=1S/C20H15NO5/c1-23-16-7-12-5-15-13-8-19-18(25-10-26-19)6-11(13)3-4-21(15)20(22)14(12)9-17(16)24-2/h3-9H,10H2,1-2H3. The molecule has 1 aliphatic heterocycles. The van der Waals surface area contributed by atoms with E-state index in [2.05, 4.69) is 0 Å². The van der Waals surface area contributed by atoms with Crippen molar-refractivity contribution in [3.63, 3.8) is 0 Å². The smallest absolute Gasteiger partial charge is 0.263 e. The number of nitrogens with zero attached hydrogens (tertiary/aromatic N) is 1. The zero-order chi connectivity index (χ0) is 17.8. The number of aromatic nitrogens is 1. The lowest BCUT2D eigenvalue weighted by Gasteiger charge is -2.12. The molecule has 2 aromatic heterocycles. The van der Waals surface area contributed by atoms with Gasteiger partial charge in [0.25, 0.3) is 5.56 Å². The molecule has 6 nitrogen and oxygen atoms in total. The van der Waals surface area contributed by atoms with Crippen LogP contribution in [0.4, 0.5) is 0 Å². The van der Waals surface area contributed by atoms with Gasteiger partial charge in [0.15, 0.2) is 23.0 Å². The predicted molar refractivity (Wildman–Crippen MR) is 97.9 cm³/mol. The van der Waals surface area contributed by atoms with Crippen LogP contribution in [0.5, 0.6) is 23.0 Å². The monoisotopic (exact) mass is 349 g/mol. The third kappa shape index (κ3) is 1.95. The largest absolute Gasteiger partial charge is 0.493 e. The maximum absolute atomic E-state index is 13.0. The number of fused-ring (bicyclic) bond motifs is 5. The Morgan fingerprint density at radius 2 is 1.62 bits per heavy atom. The zero-order valence-electron chi connectivity index (χ0n) is 14.2. The van der Waals surface area contributed by atoms with Crippen LogP contribution in [0.15, 0.2) is 47.4 Å². The maximum atomic E-state index is 13.0. The van der Waals surface area contributed by atoms with E-state index in [4.69, 9.17) is 18.9 Å². The summed E-state index contributed by atoms with van der Waals surface area (Å²) >= 11 is 0. The first-order valence-electron chi connectivity index (χ1n) is 8.13. The molecule has 0 aliphatic carbocycles. The molecule has 26 heavy (non-hydrogen) atoms. The van der Waals surface area contributed by atoms with E-state index in [9.17, 15) is 4.79 Å². The minimum absolute atomic E-state index is 0.113. The molecule has 6 heteroatoms. The molecule has 3 heterocycles. The van der Waals surface area contributed by atoms with Crippen molar-refractivity contribution in [1.82, 2.24) is 4.40 Å². The van der Waals surface area contributed by atoms with Gasteiger partial charge in [-0.3, -0.25) is 9.20 Å². The first-order valence-corrected chi connectivity index (χ1v) is 8.13. The van der Waals surface area contributed by atoms with Crippen LogP contribution >= 0.6 is 0 Å². The quantitative estimate of drug-likeness (QED) is 0.410. The first kappa shape index (κ1) is 14.9. The minimum Gasteiger partial charge on any atom is -0.493 e. The van der Waals surface area contributed by atoms with Gasteiger partial charge in [0.2, 0.25) is 6.79 Å². The number of rotatable bonds is 2. The lowest BCUT2D eigenvalue weighted by Crippen LogP contribution is -2.13. The van der Waals surface area contributed by atoms with Gasteiger partial charge >= 0.3 is 0 Å². The summed E-state index contributed by atoms with van der Waals surface area (Å²) in [5, 5.41) is 3.26. The Morgan fingerprint density at radius 1 is 0.885 bits per heavy atom. The van der Waals surface area contributed by atoms with Gasteiger partial charge in [-0.1, -0.05) is 0 Å². The van der Waals surface area contributed by atoms with Crippen LogP contribution in [0.25, 0.3) is 27.1 Å². The second kappa shape index (κ2) is 5.29. The van der Waals surface area contributed by atoms with Crippen molar-refractivity contribution >= 4 is 27.1 Å². The predicted octanol–water partition coefficient (Wildman–Crippen LogP) is 3.35. The summed E-state index contributed by atoms with van der Waals surface area (Å²) in [7, 11) is 3.13. The summed E-state index contributed by atoms with van der Waals surface area (Å²) in [6, 6.07) is 11.3. The highest BCUT2D eigenvalue weighted by Crippen LogP contribution is 2.38. The van der Waals surface area contributed by atoms with E-state index >= 15 is 0 Å². The molecule has 2 aromatic carbocycles. The maximum Gasteiger partial charge on any atom is 0.263 e. The van der Waals surface area contributed by atoms with Crippen LogP contribution < -0.4 is 24.5 Å². The van der Waals surface area contributed by atoms with Crippen LogP contribution in [0, 0.1) is 0 Å². The number of ether oxygens (including phenoxy) is 4. The van der Waals surface area contributed by atoms with E-state index in [-0.39, 0.29) is 12.4 Å². The lowest BCUT2D eigenvalue weighted by molar-refractivity contribution is 0.174. The molecule has 0 radical (unpaired) electrons. The number of hydrogen-bond acceptors (Lipinski definition) is 5. The van der Waals surface area contributed by atoms with E-state index < -0.39 is 0 Å². The van der Waals surface area contributed by atoms with Crippen LogP contribution in [0.1, 0.15) is 0 Å². The van der Waals surface area contributed by atoms with Crippen molar-refractivity contribution in [2.75, 3.05) is 21.0 Å². The van der Waals surface area contributed by atoms with Gasteiger partial charge in [-0.2, -0.15) is 0 Å². The second-order valence-corrected chi connectivity index (χ2v) is 6.11. The third-order valence-corrected chi connectivity index (χ3v) is 4.78. The molecular formula is C20H15NO5. The van der Waals surface area contributed by atoms with E-state index in [1.165, 1.54) is 0 Å². The number of benzene rings is 2. The van der Waals surface area contributed by atoms with Crippen molar-refractivity contribution < 1.29 is 18.9 Å². The van der Waals surface area contributed by atoms with Gasteiger partial charge in [0.1, 0.15) is 0 Å². The van der Waals surface area contributed by atoms with Crippen molar-refractivity contribution in [1.29, 1.82) is 0 Å². The molecule has 4 aromatic rings. The summed E-state index contributed by atoms with van der Waals surface area (Å²) < 4.78 is 23.3. The zero-order valence-corrected chi connectivity index (χ0v) is 14.2. The van der Waals surface area contributed by atoms with Crippen LogP contribution in [0.2, 0.25) is 0 Å². The molecule has 0 atom stereocenters. The first-order chi connectivity index (χ1) is 12.7. The molecule has 0 bridgehead atoms. The van der Waals surface area contributed by atoms with Crippen molar-refractivity contribution in [2.45, 2.75) is 0 Å².